The fourth-order valence-corrected chi connectivity index (χ4v) is 1.81. The van der Waals surface area contributed by atoms with Gasteiger partial charge in [-0.25, -0.2) is 14.6 Å². The molecule has 2 aromatic heterocycles. The number of furan rings is 1. The Hall–Kier alpha value is -2.77. The highest BCUT2D eigenvalue weighted by molar-refractivity contribution is 5.88. The summed E-state index contributed by atoms with van der Waals surface area (Å²) in [4.78, 5) is 29.2. The van der Waals surface area contributed by atoms with E-state index in [-0.39, 0.29) is 18.1 Å². The van der Waals surface area contributed by atoms with E-state index < -0.39 is 5.97 Å². The molecule has 112 valence electrons. The Labute approximate surface area is 120 Å². The van der Waals surface area contributed by atoms with Crippen LogP contribution in [0.25, 0.3) is 0 Å². The van der Waals surface area contributed by atoms with Crippen molar-refractivity contribution in [1.29, 1.82) is 0 Å². The predicted molar refractivity (Wildman–Crippen MR) is 72.9 cm³/mol. The first-order chi connectivity index (χ1) is 10.1. The summed E-state index contributed by atoms with van der Waals surface area (Å²) in [5.74, 6) is -0.334. The van der Waals surface area contributed by atoms with E-state index in [4.69, 9.17) is 9.52 Å². The lowest BCUT2D eigenvalue weighted by atomic mass is 10.2. The van der Waals surface area contributed by atoms with Crippen molar-refractivity contribution in [2.45, 2.75) is 19.9 Å². The summed E-state index contributed by atoms with van der Waals surface area (Å²) < 4.78 is 5.25. The van der Waals surface area contributed by atoms with Gasteiger partial charge in [0.05, 0.1) is 12.9 Å². The van der Waals surface area contributed by atoms with Crippen molar-refractivity contribution in [1.82, 2.24) is 20.6 Å². The number of carboxylic acids is 1. The van der Waals surface area contributed by atoms with Gasteiger partial charge >= 0.3 is 12.0 Å². The predicted octanol–water partition coefficient (Wildman–Crippen LogP) is 1.05. The number of urea groups is 1. The number of carboxylic acid groups (broad SMARTS) is 1. The number of hydrogen-bond donors (Lipinski definition) is 4. The summed E-state index contributed by atoms with van der Waals surface area (Å²) in [6, 6.07) is 1.06. The minimum Gasteiger partial charge on any atom is -0.478 e. The molecule has 0 aliphatic heterocycles. The number of nitrogens with zero attached hydrogens (tertiary/aromatic N) is 1. The molecule has 0 fully saturated rings. The Morgan fingerprint density at radius 1 is 1.43 bits per heavy atom. The smallest absolute Gasteiger partial charge is 0.339 e. The lowest BCUT2D eigenvalue weighted by Gasteiger charge is -2.05. The molecule has 0 unspecified atom stereocenters. The van der Waals surface area contributed by atoms with Crippen LogP contribution in [0, 0.1) is 6.92 Å². The Morgan fingerprint density at radius 3 is 2.86 bits per heavy atom. The van der Waals surface area contributed by atoms with Crippen molar-refractivity contribution in [3.8, 4) is 0 Å². The van der Waals surface area contributed by atoms with Gasteiger partial charge in [-0.3, -0.25) is 0 Å². The van der Waals surface area contributed by atoms with Gasteiger partial charge in [0.25, 0.3) is 0 Å². The topological polar surface area (TPSA) is 120 Å². The molecule has 0 aliphatic rings. The van der Waals surface area contributed by atoms with Gasteiger partial charge in [0.1, 0.15) is 17.1 Å². The second-order valence-corrected chi connectivity index (χ2v) is 4.42. The number of H-pyrrole nitrogens is 1. The third-order valence-corrected chi connectivity index (χ3v) is 2.86. The highest BCUT2D eigenvalue weighted by Gasteiger charge is 2.13. The molecule has 2 heterocycles. The summed E-state index contributed by atoms with van der Waals surface area (Å²) in [6.45, 7) is 2.16. The molecule has 2 aromatic rings. The van der Waals surface area contributed by atoms with Crippen LogP contribution in [0.4, 0.5) is 4.79 Å². The number of amides is 2. The number of carbonyl (C=O) groups excluding carboxylic acids is 1. The van der Waals surface area contributed by atoms with E-state index in [0.29, 0.717) is 24.5 Å². The maximum atomic E-state index is 11.6. The molecule has 0 radical (unpaired) electrons. The molecule has 8 heteroatoms. The number of aryl methyl sites for hydroxylation is 1. The number of aromatic carboxylic acids is 1. The quantitative estimate of drug-likeness (QED) is 0.634. The van der Waals surface area contributed by atoms with E-state index in [9.17, 15) is 9.59 Å². The van der Waals surface area contributed by atoms with Gasteiger partial charge in [0.15, 0.2) is 0 Å². The summed E-state index contributed by atoms with van der Waals surface area (Å²) in [6.07, 6.45) is 3.92. The SMILES string of the molecule is Cc1oc(CNC(=O)NCCc2cnc[nH]2)cc1C(=O)O. The summed E-state index contributed by atoms with van der Waals surface area (Å²) in [7, 11) is 0. The number of aromatic amines is 1. The van der Waals surface area contributed by atoms with Crippen molar-refractivity contribution in [3.05, 3.63) is 41.4 Å². The summed E-state index contributed by atoms with van der Waals surface area (Å²) >= 11 is 0. The first-order valence-electron chi connectivity index (χ1n) is 6.38. The molecule has 21 heavy (non-hydrogen) atoms. The van der Waals surface area contributed by atoms with Crippen molar-refractivity contribution < 1.29 is 19.1 Å². The molecule has 0 aliphatic carbocycles. The Bertz CT molecular complexity index is 618. The molecule has 2 rings (SSSR count). The summed E-state index contributed by atoms with van der Waals surface area (Å²) in [5.41, 5.74) is 1.04. The Balaban J connectivity index is 1.73. The third-order valence-electron chi connectivity index (χ3n) is 2.86. The minimum absolute atomic E-state index is 0.103. The molecule has 8 nitrogen and oxygen atoms in total. The van der Waals surface area contributed by atoms with E-state index in [1.54, 1.807) is 19.4 Å². The average molecular weight is 292 g/mol. The first-order valence-corrected chi connectivity index (χ1v) is 6.38. The highest BCUT2D eigenvalue weighted by atomic mass is 16.4. The van der Waals surface area contributed by atoms with Gasteiger partial charge in [-0.2, -0.15) is 0 Å². The second kappa shape index (κ2) is 6.60. The van der Waals surface area contributed by atoms with Gasteiger partial charge < -0.3 is 25.1 Å². The van der Waals surface area contributed by atoms with E-state index in [0.717, 1.165) is 5.69 Å². The lowest BCUT2D eigenvalue weighted by Crippen LogP contribution is -2.36. The van der Waals surface area contributed by atoms with E-state index in [2.05, 4.69) is 20.6 Å². The molecule has 0 saturated carbocycles. The molecule has 0 atom stereocenters. The molecule has 4 N–H and O–H groups in total. The molecular weight excluding hydrogens is 276 g/mol. The van der Waals surface area contributed by atoms with Crippen LogP contribution in [-0.2, 0) is 13.0 Å². The summed E-state index contributed by atoms with van der Waals surface area (Å²) in [5, 5.41) is 14.2. The van der Waals surface area contributed by atoms with Gasteiger partial charge in [-0.05, 0) is 13.0 Å². The first kappa shape index (κ1) is 14.6. The number of imidazole rings is 1. The number of hydrogen-bond acceptors (Lipinski definition) is 4. The number of nitrogens with one attached hydrogen (secondary N) is 3. The van der Waals surface area contributed by atoms with Crippen LogP contribution in [0.2, 0.25) is 0 Å². The van der Waals surface area contributed by atoms with Crippen LogP contribution < -0.4 is 10.6 Å². The van der Waals surface area contributed by atoms with Crippen LogP contribution in [0.3, 0.4) is 0 Å². The average Bonchev–Trinajstić information content (AvgIpc) is 3.06. The van der Waals surface area contributed by atoms with Crippen molar-refractivity contribution in [2.24, 2.45) is 0 Å². The second-order valence-electron chi connectivity index (χ2n) is 4.42. The fraction of sp³-hybridized carbons (Fsp3) is 0.308. The largest absolute Gasteiger partial charge is 0.478 e. The Morgan fingerprint density at radius 2 is 2.24 bits per heavy atom. The van der Waals surface area contributed by atoms with Crippen molar-refractivity contribution in [3.63, 3.8) is 0 Å². The minimum atomic E-state index is -1.05. The van der Waals surface area contributed by atoms with E-state index in [1.165, 1.54) is 6.07 Å². The van der Waals surface area contributed by atoms with Gasteiger partial charge in [0.2, 0.25) is 0 Å². The number of rotatable bonds is 6. The zero-order chi connectivity index (χ0) is 15.2. The number of aromatic nitrogens is 2. The fourth-order valence-electron chi connectivity index (χ4n) is 1.81. The molecular formula is C13H16N4O4. The van der Waals surface area contributed by atoms with E-state index >= 15 is 0 Å². The maximum absolute atomic E-state index is 11.6. The highest BCUT2D eigenvalue weighted by Crippen LogP contribution is 2.14. The van der Waals surface area contributed by atoms with Gasteiger partial charge in [0, 0.05) is 24.9 Å². The van der Waals surface area contributed by atoms with Gasteiger partial charge in [-0.1, -0.05) is 0 Å². The standard InChI is InChI=1S/C13H16N4O4/c1-8-11(12(18)19)4-10(21-8)6-16-13(20)15-3-2-9-5-14-7-17-9/h4-5,7H,2-3,6H2,1H3,(H,14,17)(H,18,19)(H2,15,16,20). The van der Waals surface area contributed by atoms with Gasteiger partial charge in [-0.15, -0.1) is 0 Å². The molecule has 0 spiro atoms. The van der Waals surface area contributed by atoms with Crippen molar-refractivity contribution >= 4 is 12.0 Å². The molecule has 0 aromatic carbocycles. The van der Waals surface area contributed by atoms with Crippen LogP contribution in [0.5, 0.6) is 0 Å². The monoisotopic (exact) mass is 292 g/mol. The maximum Gasteiger partial charge on any atom is 0.339 e. The lowest BCUT2D eigenvalue weighted by molar-refractivity contribution is 0.0695. The molecule has 0 saturated heterocycles. The van der Waals surface area contributed by atoms with Crippen LogP contribution in [-0.4, -0.2) is 33.6 Å². The zero-order valence-electron chi connectivity index (χ0n) is 11.5. The van der Waals surface area contributed by atoms with Crippen LogP contribution >= 0.6 is 0 Å². The zero-order valence-corrected chi connectivity index (χ0v) is 11.5. The van der Waals surface area contributed by atoms with Crippen LogP contribution in [0.15, 0.2) is 23.0 Å². The number of carbonyl (C=O) groups is 2. The Kier molecular flexibility index (Phi) is 4.60. The normalized spacial score (nSPS) is 10.3. The van der Waals surface area contributed by atoms with E-state index in [1.807, 2.05) is 0 Å². The third kappa shape index (κ3) is 4.10. The molecule has 2 amide bonds. The van der Waals surface area contributed by atoms with Crippen LogP contribution in [0.1, 0.15) is 27.6 Å². The van der Waals surface area contributed by atoms with Crippen molar-refractivity contribution in [2.75, 3.05) is 6.54 Å². The molecule has 0 bridgehead atoms.